The van der Waals surface area contributed by atoms with Gasteiger partial charge in [0.25, 0.3) is 5.91 Å². The number of ether oxygens (including phenoxy) is 1. The lowest BCUT2D eigenvalue weighted by molar-refractivity contribution is -0.123. The number of benzene rings is 1. The Bertz CT molecular complexity index is 870. The summed E-state index contributed by atoms with van der Waals surface area (Å²) >= 11 is 6.12. The van der Waals surface area contributed by atoms with E-state index in [1.54, 1.807) is 12.1 Å². The van der Waals surface area contributed by atoms with Gasteiger partial charge in [-0.05, 0) is 49.9 Å². The molecule has 2 aromatic rings. The van der Waals surface area contributed by atoms with E-state index in [1.807, 2.05) is 13.8 Å². The maximum Gasteiger partial charge on any atom is 0.315 e. The minimum atomic E-state index is -0.442. The van der Waals surface area contributed by atoms with Crippen molar-refractivity contribution in [2.24, 2.45) is 0 Å². The van der Waals surface area contributed by atoms with Crippen LogP contribution in [0.3, 0.4) is 0 Å². The third-order valence-corrected chi connectivity index (χ3v) is 5.72. The Balaban J connectivity index is 1.36. The van der Waals surface area contributed by atoms with Crippen LogP contribution in [0.25, 0.3) is 0 Å². The number of hydrogen-bond donors (Lipinski definition) is 2. The molecule has 1 fully saturated rings. The Morgan fingerprint density at radius 2 is 1.80 bits per heavy atom. The summed E-state index contributed by atoms with van der Waals surface area (Å²) in [6, 6.07) is 3.57. The molecule has 8 nitrogen and oxygen atoms in total. The predicted octanol–water partition coefficient (Wildman–Crippen LogP) is 3.31. The van der Waals surface area contributed by atoms with Gasteiger partial charge in [-0.25, -0.2) is 0 Å². The van der Waals surface area contributed by atoms with Gasteiger partial charge in [-0.3, -0.25) is 9.59 Å². The van der Waals surface area contributed by atoms with Gasteiger partial charge >= 0.3 is 11.8 Å². The Morgan fingerprint density at radius 1 is 1.13 bits per heavy atom. The third-order valence-electron chi connectivity index (χ3n) is 5.12. The molecule has 30 heavy (non-hydrogen) atoms. The maximum atomic E-state index is 12.1. The summed E-state index contributed by atoms with van der Waals surface area (Å²) in [5.74, 6) is 0.699. The van der Waals surface area contributed by atoms with E-state index in [4.69, 9.17) is 20.9 Å². The van der Waals surface area contributed by atoms with Gasteiger partial charge < -0.3 is 19.9 Å². The highest BCUT2D eigenvalue weighted by Crippen LogP contribution is 2.30. The molecule has 1 aliphatic rings. The van der Waals surface area contributed by atoms with Crippen LogP contribution in [-0.4, -0.2) is 41.7 Å². The Hall–Kier alpha value is -2.61. The zero-order valence-electron chi connectivity index (χ0n) is 17.3. The molecule has 1 aromatic carbocycles. The summed E-state index contributed by atoms with van der Waals surface area (Å²) in [7, 11) is 0. The van der Waals surface area contributed by atoms with Crippen LogP contribution in [0.2, 0.25) is 5.02 Å². The first-order chi connectivity index (χ1) is 14.4. The van der Waals surface area contributed by atoms with Gasteiger partial charge in [0.2, 0.25) is 0 Å². The number of halogens is 1. The molecule has 0 aliphatic heterocycles. The molecule has 0 bridgehead atoms. The van der Waals surface area contributed by atoms with E-state index in [-0.39, 0.29) is 37.4 Å². The summed E-state index contributed by atoms with van der Waals surface area (Å²) in [4.78, 5) is 28.3. The topological polar surface area (TPSA) is 106 Å². The second kappa shape index (κ2) is 10.4. The van der Waals surface area contributed by atoms with Crippen LogP contribution >= 0.6 is 11.6 Å². The standard InChI is InChI=1S/C21H27ClN4O4/c1-13-10-16(11-14(2)18(13)22)29-12-17(27)23-8-9-24-20(28)21-25-19(26-30-21)15-6-4-3-5-7-15/h10-11,15H,3-9,12H2,1-2H3,(H,23,27)(H,24,28). The minimum Gasteiger partial charge on any atom is -0.484 e. The van der Waals surface area contributed by atoms with Crippen molar-refractivity contribution in [2.75, 3.05) is 19.7 Å². The van der Waals surface area contributed by atoms with Gasteiger partial charge in [-0.15, -0.1) is 0 Å². The molecule has 0 unspecified atom stereocenters. The van der Waals surface area contributed by atoms with Crippen molar-refractivity contribution in [3.63, 3.8) is 0 Å². The highest BCUT2D eigenvalue weighted by atomic mass is 35.5. The molecule has 9 heteroatoms. The fraction of sp³-hybridized carbons (Fsp3) is 0.524. The summed E-state index contributed by atoms with van der Waals surface area (Å²) in [5.41, 5.74) is 1.78. The predicted molar refractivity (Wildman–Crippen MR) is 112 cm³/mol. The molecule has 2 amide bonds. The highest BCUT2D eigenvalue weighted by Gasteiger charge is 2.23. The van der Waals surface area contributed by atoms with Gasteiger partial charge in [0, 0.05) is 24.0 Å². The van der Waals surface area contributed by atoms with E-state index in [9.17, 15) is 9.59 Å². The van der Waals surface area contributed by atoms with E-state index in [2.05, 4.69) is 20.8 Å². The number of aryl methyl sites for hydroxylation is 2. The normalized spacial score (nSPS) is 14.4. The summed E-state index contributed by atoms with van der Waals surface area (Å²) in [6.45, 7) is 4.14. The van der Waals surface area contributed by atoms with E-state index in [0.29, 0.717) is 16.6 Å². The van der Waals surface area contributed by atoms with Crippen LogP contribution in [0.5, 0.6) is 5.75 Å². The van der Waals surface area contributed by atoms with Crippen molar-refractivity contribution in [1.82, 2.24) is 20.8 Å². The second-order valence-electron chi connectivity index (χ2n) is 7.56. The number of carbonyl (C=O) groups is 2. The first-order valence-electron chi connectivity index (χ1n) is 10.2. The van der Waals surface area contributed by atoms with Crippen LogP contribution in [0.1, 0.15) is 65.7 Å². The van der Waals surface area contributed by atoms with Crippen LogP contribution in [0, 0.1) is 13.8 Å². The van der Waals surface area contributed by atoms with Crippen molar-refractivity contribution in [3.05, 3.63) is 40.0 Å². The average molecular weight is 435 g/mol. The number of nitrogens with zero attached hydrogens (tertiary/aromatic N) is 2. The molecule has 162 valence electrons. The number of nitrogens with one attached hydrogen (secondary N) is 2. The number of amides is 2. The molecule has 0 saturated heterocycles. The highest BCUT2D eigenvalue weighted by molar-refractivity contribution is 6.32. The van der Waals surface area contributed by atoms with Crippen molar-refractivity contribution < 1.29 is 18.8 Å². The van der Waals surface area contributed by atoms with E-state index in [1.165, 1.54) is 6.42 Å². The van der Waals surface area contributed by atoms with Crippen molar-refractivity contribution in [3.8, 4) is 5.75 Å². The number of hydrogen-bond acceptors (Lipinski definition) is 6. The lowest BCUT2D eigenvalue weighted by Crippen LogP contribution is -2.36. The van der Waals surface area contributed by atoms with Gasteiger partial charge in [0.1, 0.15) is 5.75 Å². The smallest absolute Gasteiger partial charge is 0.315 e. The Kier molecular flexibility index (Phi) is 7.68. The lowest BCUT2D eigenvalue weighted by Gasteiger charge is -2.17. The Labute approximate surface area is 180 Å². The SMILES string of the molecule is Cc1cc(OCC(=O)NCCNC(=O)c2nc(C3CCCCC3)no2)cc(C)c1Cl. The maximum absolute atomic E-state index is 12.1. The fourth-order valence-corrected chi connectivity index (χ4v) is 3.61. The molecule has 1 aromatic heterocycles. The molecule has 2 N–H and O–H groups in total. The lowest BCUT2D eigenvalue weighted by atomic mass is 9.89. The largest absolute Gasteiger partial charge is 0.484 e. The number of rotatable bonds is 8. The van der Waals surface area contributed by atoms with E-state index in [0.717, 1.165) is 36.8 Å². The summed E-state index contributed by atoms with van der Waals surface area (Å²) < 4.78 is 10.6. The number of carbonyl (C=O) groups excluding carboxylic acids is 2. The summed E-state index contributed by atoms with van der Waals surface area (Å²) in [6.07, 6.45) is 5.61. The van der Waals surface area contributed by atoms with Crippen LogP contribution in [-0.2, 0) is 4.79 Å². The van der Waals surface area contributed by atoms with E-state index < -0.39 is 5.91 Å². The second-order valence-corrected chi connectivity index (χ2v) is 7.94. The van der Waals surface area contributed by atoms with Crippen LogP contribution < -0.4 is 15.4 Å². The molecule has 0 atom stereocenters. The zero-order chi connectivity index (χ0) is 21.5. The summed E-state index contributed by atoms with van der Waals surface area (Å²) in [5, 5.41) is 9.98. The van der Waals surface area contributed by atoms with Gasteiger partial charge in [-0.2, -0.15) is 4.98 Å². The monoisotopic (exact) mass is 434 g/mol. The molecule has 1 heterocycles. The first kappa shape index (κ1) is 22.1. The van der Waals surface area contributed by atoms with Crippen LogP contribution in [0.4, 0.5) is 0 Å². The molecule has 0 spiro atoms. The quantitative estimate of drug-likeness (QED) is 0.617. The van der Waals surface area contributed by atoms with Crippen molar-refractivity contribution in [2.45, 2.75) is 51.9 Å². The van der Waals surface area contributed by atoms with Crippen molar-refractivity contribution >= 4 is 23.4 Å². The zero-order valence-corrected chi connectivity index (χ0v) is 18.1. The molecular weight excluding hydrogens is 408 g/mol. The molecule has 1 saturated carbocycles. The third kappa shape index (κ3) is 5.95. The van der Waals surface area contributed by atoms with Gasteiger partial charge in [0.05, 0.1) is 0 Å². The first-order valence-corrected chi connectivity index (χ1v) is 10.6. The minimum absolute atomic E-state index is 0.0429. The van der Waals surface area contributed by atoms with E-state index >= 15 is 0 Å². The molecular formula is C21H27ClN4O4. The van der Waals surface area contributed by atoms with Crippen molar-refractivity contribution in [1.29, 1.82) is 0 Å². The van der Waals surface area contributed by atoms with Gasteiger partial charge in [0.15, 0.2) is 12.4 Å². The Morgan fingerprint density at radius 3 is 2.50 bits per heavy atom. The molecule has 0 radical (unpaired) electrons. The average Bonchev–Trinajstić information content (AvgIpc) is 3.24. The van der Waals surface area contributed by atoms with Gasteiger partial charge in [-0.1, -0.05) is 36.0 Å². The molecule has 1 aliphatic carbocycles. The molecule has 3 rings (SSSR count). The number of aromatic nitrogens is 2. The fourth-order valence-electron chi connectivity index (χ4n) is 3.50. The van der Waals surface area contributed by atoms with Crippen LogP contribution in [0.15, 0.2) is 16.7 Å².